The Balaban J connectivity index is 1.29. The fourth-order valence-electron chi connectivity index (χ4n) is 6.78. The normalized spacial score (nSPS) is 13.1. The van der Waals surface area contributed by atoms with Crippen LogP contribution in [-0.2, 0) is 5.41 Å². The van der Waals surface area contributed by atoms with Gasteiger partial charge in [0.25, 0.3) is 0 Å². The standard InChI is InChI=1S/C44H35N3/c1-30-21-23-31(24-22-30)34-25-26-42-38(28-34)44(2,3)37-19-10-11-20-41(37)47(42)36-18-12-17-35(27-36)43-45-39(32-13-6-4-7-14-32)29-40(46-43)33-15-8-5-9-16-33/h4-29H,1-3H3. The van der Waals surface area contributed by atoms with Gasteiger partial charge < -0.3 is 4.90 Å². The molecule has 1 aliphatic rings. The summed E-state index contributed by atoms with van der Waals surface area (Å²) in [7, 11) is 0. The molecule has 0 atom stereocenters. The molecule has 3 heteroatoms. The Hall–Kier alpha value is -5.80. The van der Waals surface area contributed by atoms with Gasteiger partial charge in [-0.1, -0.05) is 141 Å². The van der Waals surface area contributed by atoms with Crippen molar-refractivity contribution in [2.24, 2.45) is 0 Å². The van der Waals surface area contributed by atoms with Crippen molar-refractivity contribution < 1.29 is 0 Å². The third-order valence-corrected chi connectivity index (χ3v) is 9.34. The van der Waals surface area contributed by atoms with Crippen LogP contribution < -0.4 is 4.90 Å². The second kappa shape index (κ2) is 11.5. The van der Waals surface area contributed by atoms with Gasteiger partial charge in [-0.25, -0.2) is 9.97 Å². The summed E-state index contributed by atoms with van der Waals surface area (Å²) in [5.41, 5.74) is 14.5. The van der Waals surface area contributed by atoms with E-state index in [0.717, 1.165) is 33.8 Å². The van der Waals surface area contributed by atoms with Gasteiger partial charge in [-0.05, 0) is 65.6 Å². The maximum Gasteiger partial charge on any atom is 0.160 e. The summed E-state index contributed by atoms with van der Waals surface area (Å²) < 4.78 is 0. The first-order chi connectivity index (χ1) is 23.0. The number of fused-ring (bicyclic) bond motifs is 2. The second-order valence-corrected chi connectivity index (χ2v) is 12.8. The minimum atomic E-state index is -0.182. The Kier molecular flexibility index (Phi) is 7.03. The molecule has 0 bridgehead atoms. The molecule has 1 aliphatic heterocycles. The molecule has 0 N–H and O–H groups in total. The van der Waals surface area contributed by atoms with Crippen LogP contribution in [0.4, 0.5) is 17.1 Å². The lowest BCUT2D eigenvalue weighted by Gasteiger charge is -2.42. The zero-order valence-corrected chi connectivity index (χ0v) is 26.9. The Morgan fingerprint density at radius 2 is 1.02 bits per heavy atom. The van der Waals surface area contributed by atoms with Crippen molar-refractivity contribution in [3.8, 4) is 45.0 Å². The third-order valence-electron chi connectivity index (χ3n) is 9.34. The molecule has 8 rings (SSSR count). The molecular formula is C44H35N3. The van der Waals surface area contributed by atoms with Crippen molar-refractivity contribution in [3.63, 3.8) is 0 Å². The van der Waals surface area contributed by atoms with Gasteiger partial charge in [0, 0.05) is 27.8 Å². The molecule has 0 aliphatic carbocycles. The summed E-state index contributed by atoms with van der Waals surface area (Å²) in [5, 5.41) is 0. The van der Waals surface area contributed by atoms with Crippen LogP contribution in [0.1, 0.15) is 30.5 Å². The number of aromatic nitrogens is 2. The second-order valence-electron chi connectivity index (χ2n) is 12.8. The number of aryl methyl sites for hydroxylation is 1. The molecule has 226 valence electrons. The summed E-state index contributed by atoms with van der Waals surface area (Å²) in [6, 6.07) is 55.9. The molecule has 0 saturated carbocycles. The predicted octanol–water partition coefficient (Wildman–Crippen LogP) is 11.6. The number of anilines is 3. The van der Waals surface area contributed by atoms with Crippen LogP contribution in [0.5, 0.6) is 0 Å². The molecule has 0 unspecified atom stereocenters. The highest BCUT2D eigenvalue weighted by molar-refractivity contribution is 5.88. The third kappa shape index (κ3) is 5.20. The largest absolute Gasteiger partial charge is 0.310 e. The van der Waals surface area contributed by atoms with Crippen molar-refractivity contribution in [2.75, 3.05) is 4.90 Å². The van der Waals surface area contributed by atoms with E-state index in [9.17, 15) is 0 Å². The van der Waals surface area contributed by atoms with Crippen LogP contribution in [0.15, 0.2) is 158 Å². The first-order valence-corrected chi connectivity index (χ1v) is 16.2. The maximum absolute atomic E-state index is 5.12. The molecule has 1 aromatic heterocycles. The van der Waals surface area contributed by atoms with Gasteiger partial charge in [-0.2, -0.15) is 0 Å². The van der Waals surface area contributed by atoms with Crippen molar-refractivity contribution >= 4 is 17.1 Å². The monoisotopic (exact) mass is 605 g/mol. The van der Waals surface area contributed by atoms with Gasteiger partial charge in [-0.3, -0.25) is 0 Å². The highest BCUT2D eigenvalue weighted by Crippen LogP contribution is 2.52. The highest BCUT2D eigenvalue weighted by Gasteiger charge is 2.37. The molecule has 7 aromatic rings. The lowest BCUT2D eigenvalue weighted by molar-refractivity contribution is 0.632. The van der Waals surface area contributed by atoms with Crippen LogP contribution in [0, 0.1) is 6.92 Å². The van der Waals surface area contributed by atoms with E-state index in [1.807, 2.05) is 12.1 Å². The first-order valence-electron chi connectivity index (χ1n) is 16.2. The Bertz CT molecular complexity index is 2160. The first kappa shape index (κ1) is 28.7. The summed E-state index contributed by atoms with van der Waals surface area (Å²) in [5.74, 6) is 0.702. The van der Waals surface area contributed by atoms with Gasteiger partial charge in [0.15, 0.2) is 5.82 Å². The molecule has 47 heavy (non-hydrogen) atoms. The quantitative estimate of drug-likeness (QED) is 0.195. The number of nitrogens with zero attached hydrogens (tertiary/aromatic N) is 3. The lowest BCUT2D eigenvalue weighted by atomic mass is 9.73. The van der Waals surface area contributed by atoms with E-state index in [1.54, 1.807) is 0 Å². The molecule has 0 radical (unpaired) electrons. The topological polar surface area (TPSA) is 29.0 Å². The number of para-hydroxylation sites is 1. The average molecular weight is 606 g/mol. The van der Waals surface area contributed by atoms with E-state index < -0.39 is 0 Å². The number of benzene rings is 6. The van der Waals surface area contributed by atoms with Gasteiger partial charge in [-0.15, -0.1) is 0 Å². The number of hydrogen-bond donors (Lipinski definition) is 0. The van der Waals surface area contributed by atoms with E-state index in [4.69, 9.17) is 9.97 Å². The molecule has 0 fully saturated rings. The van der Waals surface area contributed by atoms with Crippen LogP contribution in [-0.4, -0.2) is 9.97 Å². The van der Waals surface area contributed by atoms with E-state index >= 15 is 0 Å². The van der Waals surface area contributed by atoms with Gasteiger partial charge in [0.2, 0.25) is 0 Å². The van der Waals surface area contributed by atoms with E-state index in [2.05, 4.69) is 171 Å². The zero-order valence-electron chi connectivity index (χ0n) is 26.9. The van der Waals surface area contributed by atoms with E-state index in [-0.39, 0.29) is 5.41 Å². The SMILES string of the molecule is Cc1ccc(-c2ccc3c(c2)C(C)(C)c2ccccc2N3c2cccc(-c3nc(-c4ccccc4)cc(-c4ccccc4)n3)c2)cc1. The van der Waals surface area contributed by atoms with Crippen molar-refractivity contribution in [3.05, 3.63) is 174 Å². The molecule has 0 amide bonds. The minimum Gasteiger partial charge on any atom is -0.310 e. The summed E-state index contributed by atoms with van der Waals surface area (Å²) in [6.07, 6.45) is 0. The highest BCUT2D eigenvalue weighted by atomic mass is 15.2. The summed E-state index contributed by atoms with van der Waals surface area (Å²) in [6.45, 7) is 6.81. The van der Waals surface area contributed by atoms with Crippen LogP contribution in [0.2, 0.25) is 0 Å². The fraction of sp³-hybridized carbons (Fsp3) is 0.0909. The smallest absolute Gasteiger partial charge is 0.160 e. The molecule has 0 saturated heterocycles. The molecular weight excluding hydrogens is 571 g/mol. The van der Waals surface area contributed by atoms with Crippen molar-refractivity contribution in [2.45, 2.75) is 26.2 Å². The minimum absolute atomic E-state index is 0.182. The van der Waals surface area contributed by atoms with Gasteiger partial charge in [0.05, 0.1) is 22.8 Å². The van der Waals surface area contributed by atoms with E-state index in [1.165, 1.54) is 39.2 Å². The molecule has 0 spiro atoms. The number of rotatable bonds is 5. The Morgan fingerprint density at radius 1 is 0.447 bits per heavy atom. The molecule has 6 aromatic carbocycles. The predicted molar refractivity (Wildman–Crippen MR) is 195 cm³/mol. The fourth-order valence-corrected chi connectivity index (χ4v) is 6.78. The molecule has 3 nitrogen and oxygen atoms in total. The average Bonchev–Trinajstić information content (AvgIpc) is 3.13. The van der Waals surface area contributed by atoms with Crippen molar-refractivity contribution in [1.82, 2.24) is 9.97 Å². The Morgan fingerprint density at radius 3 is 1.70 bits per heavy atom. The molecule has 2 heterocycles. The summed E-state index contributed by atoms with van der Waals surface area (Å²) >= 11 is 0. The van der Waals surface area contributed by atoms with Crippen molar-refractivity contribution in [1.29, 1.82) is 0 Å². The van der Waals surface area contributed by atoms with Crippen LogP contribution in [0.25, 0.3) is 45.0 Å². The van der Waals surface area contributed by atoms with Gasteiger partial charge >= 0.3 is 0 Å². The maximum atomic E-state index is 5.12. The summed E-state index contributed by atoms with van der Waals surface area (Å²) in [4.78, 5) is 12.6. The van der Waals surface area contributed by atoms with Crippen LogP contribution >= 0.6 is 0 Å². The van der Waals surface area contributed by atoms with Crippen LogP contribution in [0.3, 0.4) is 0 Å². The number of hydrogen-bond acceptors (Lipinski definition) is 3. The zero-order chi connectivity index (χ0) is 32.0. The Labute approximate surface area is 276 Å². The van der Waals surface area contributed by atoms with E-state index in [0.29, 0.717) is 5.82 Å². The van der Waals surface area contributed by atoms with Gasteiger partial charge in [0.1, 0.15) is 0 Å². The lowest BCUT2D eigenvalue weighted by Crippen LogP contribution is -2.30.